The lowest BCUT2D eigenvalue weighted by atomic mass is 9.43. The molecular formula is C24H40O5. The highest BCUT2D eigenvalue weighted by atomic mass is 16.4. The van der Waals surface area contributed by atoms with Crippen LogP contribution in [0.1, 0.15) is 78.6 Å². The van der Waals surface area contributed by atoms with E-state index in [-0.39, 0.29) is 41.3 Å². The van der Waals surface area contributed by atoms with Crippen molar-refractivity contribution >= 4 is 5.97 Å². The molecule has 5 nitrogen and oxygen atoms in total. The Hall–Kier alpha value is -0.650. The number of aliphatic hydroxyl groups excluding tert-OH is 3. The van der Waals surface area contributed by atoms with Crippen molar-refractivity contribution in [1.29, 1.82) is 0 Å². The molecule has 0 saturated heterocycles. The van der Waals surface area contributed by atoms with Crippen LogP contribution in [0.5, 0.6) is 0 Å². The van der Waals surface area contributed by atoms with Crippen molar-refractivity contribution in [3.8, 4) is 0 Å². The zero-order chi connectivity index (χ0) is 21.1. The van der Waals surface area contributed by atoms with Gasteiger partial charge in [0.05, 0.1) is 18.3 Å². The van der Waals surface area contributed by atoms with E-state index in [1.807, 2.05) is 0 Å². The van der Waals surface area contributed by atoms with E-state index in [9.17, 15) is 20.1 Å². The van der Waals surface area contributed by atoms with Crippen molar-refractivity contribution in [3.05, 3.63) is 0 Å². The fourth-order valence-corrected chi connectivity index (χ4v) is 8.68. The number of fused-ring (bicyclic) bond motifs is 5. The quantitative estimate of drug-likeness (QED) is 0.571. The average Bonchev–Trinajstić information content (AvgIpc) is 3.01. The minimum absolute atomic E-state index is 0.0957. The lowest BCUT2D eigenvalue weighted by Gasteiger charge is -2.63. The Kier molecular flexibility index (Phi) is 5.57. The van der Waals surface area contributed by atoms with Gasteiger partial charge >= 0.3 is 5.97 Å². The van der Waals surface area contributed by atoms with Crippen LogP contribution >= 0.6 is 0 Å². The largest absolute Gasteiger partial charge is 0.481 e. The fourth-order valence-electron chi connectivity index (χ4n) is 8.68. The molecule has 0 radical (unpaired) electrons. The smallest absolute Gasteiger partial charge is 0.303 e. The van der Waals surface area contributed by atoms with Crippen LogP contribution in [-0.2, 0) is 4.79 Å². The monoisotopic (exact) mass is 408 g/mol. The molecule has 4 fully saturated rings. The number of hydrogen-bond acceptors (Lipinski definition) is 4. The standard InChI is InChI=1S/C24H40O5/c1-13(4-7-21(28)29)16-5-6-17-22-18(12-20(27)24(16,17)3)23(2)9-8-15(25)10-14(23)11-19(22)26/h13-20,22,25-27H,4-12H2,1-3H3,(H,28,29)/t13-,14+,15-,16-,17-,18-,19+,20+,22-,23+,24-/m1/s1. The summed E-state index contributed by atoms with van der Waals surface area (Å²) in [6, 6.07) is 0. The minimum Gasteiger partial charge on any atom is -0.481 e. The van der Waals surface area contributed by atoms with E-state index in [1.54, 1.807) is 0 Å². The van der Waals surface area contributed by atoms with E-state index in [2.05, 4.69) is 20.8 Å². The molecule has 4 saturated carbocycles. The molecule has 166 valence electrons. The topological polar surface area (TPSA) is 98.0 Å². The number of aliphatic hydroxyl groups is 3. The van der Waals surface area contributed by atoms with E-state index in [0.29, 0.717) is 30.1 Å². The first-order valence-corrected chi connectivity index (χ1v) is 11.8. The first kappa shape index (κ1) is 21.6. The molecule has 4 aliphatic rings. The van der Waals surface area contributed by atoms with E-state index in [0.717, 1.165) is 44.9 Å². The first-order valence-electron chi connectivity index (χ1n) is 11.8. The third-order valence-corrected chi connectivity index (χ3v) is 10.3. The first-order chi connectivity index (χ1) is 13.6. The van der Waals surface area contributed by atoms with Gasteiger partial charge in [0.1, 0.15) is 0 Å². The van der Waals surface area contributed by atoms with Crippen LogP contribution in [0.15, 0.2) is 0 Å². The maximum Gasteiger partial charge on any atom is 0.303 e. The highest BCUT2D eigenvalue weighted by molar-refractivity contribution is 5.66. The highest BCUT2D eigenvalue weighted by Gasteiger charge is 2.65. The van der Waals surface area contributed by atoms with Gasteiger partial charge in [0.25, 0.3) is 0 Å². The summed E-state index contributed by atoms with van der Waals surface area (Å²) in [6.45, 7) is 6.72. The van der Waals surface area contributed by atoms with Crippen LogP contribution in [0.3, 0.4) is 0 Å². The molecule has 4 N–H and O–H groups in total. The lowest BCUT2D eigenvalue weighted by molar-refractivity contribution is -0.207. The zero-order valence-electron chi connectivity index (χ0n) is 18.3. The predicted molar refractivity (Wildman–Crippen MR) is 110 cm³/mol. The van der Waals surface area contributed by atoms with Crippen molar-refractivity contribution in [2.45, 2.75) is 96.9 Å². The summed E-state index contributed by atoms with van der Waals surface area (Å²) in [5.74, 6) is 0.997. The summed E-state index contributed by atoms with van der Waals surface area (Å²) >= 11 is 0. The van der Waals surface area contributed by atoms with Crippen LogP contribution < -0.4 is 0 Å². The molecule has 0 unspecified atom stereocenters. The lowest BCUT2D eigenvalue weighted by Crippen LogP contribution is -2.62. The van der Waals surface area contributed by atoms with E-state index in [1.165, 1.54) is 0 Å². The van der Waals surface area contributed by atoms with Crippen LogP contribution in [0.2, 0.25) is 0 Å². The zero-order valence-corrected chi connectivity index (χ0v) is 18.3. The summed E-state index contributed by atoms with van der Waals surface area (Å²) in [5, 5.41) is 42.0. The summed E-state index contributed by atoms with van der Waals surface area (Å²) in [4.78, 5) is 11.1. The van der Waals surface area contributed by atoms with Gasteiger partial charge in [0.15, 0.2) is 0 Å². The molecule has 5 heteroatoms. The van der Waals surface area contributed by atoms with Crippen molar-refractivity contribution in [3.63, 3.8) is 0 Å². The van der Waals surface area contributed by atoms with Gasteiger partial charge in [0.2, 0.25) is 0 Å². The molecule has 0 aromatic heterocycles. The van der Waals surface area contributed by atoms with Gasteiger partial charge in [-0.2, -0.15) is 0 Å². The Balaban J connectivity index is 1.61. The van der Waals surface area contributed by atoms with Crippen LogP contribution in [0.4, 0.5) is 0 Å². The Morgan fingerprint density at radius 3 is 2.45 bits per heavy atom. The molecular weight excluding hydrogens is 368 g/mol. The van der Waals surface area contributed by atoms with Crippen molar-refractivity contribution in [2.24, 2.45) is 46.3 Å². The van der Waals surface area contributed by atoms with Gasteiger partial charge in [-0.05, 0) is 97.7 Å². The molecule has 0 bridgehead atoms. The number of carbonyl (C=O) groups is 1. The van der Waals surface area contributed by atoms with Crippen LogP contribution in [0.25, 0.3) is 0 Å². The Labute approximate surface area is 174 Å². The molecule has 11 atom stereocenters. The summed E-state index contributed by atoms with van der Waals surface area (Å²) in [5.41, 5.74) is -0.143. The minimum atomic E-state index is -0.748. The molecule has 0 aromatic carbocycles. The average molecular weight is 409 g/mol. The second-order valence-corrected chi connectivity index (χ2v) is 11.4. The second kappa shape index (κ2) is 7.49. The van der Waals surface area contributed by atoms with Gasteiger partial charge in [-0.15, -0.1) is 0 Å². The SMILES string of the molecule is C[C@H](CCC(=O)O)[C@H]1CC[C@@H]2[C@@H]3[C@@H](C[C@H](O)[C@@]21C)[C@@]1(C)CC[C@@H](O)C[C@H]1C[C@@H]3O. The summed E-state index contributed by atoms with van der Waals surface area (Å²) in [7, 11) is 0. The molecule has 0 aliphatic heterocycles. The van der Waals surface area contributed by atoms with Crippen LogP contribution in [0, 0.1) is 46.3 Å². The fraction of sp³-hybridized carbons (Fsp3) is 0.958. The normalized spacial score (nSPS) is 52.9. The second-order valence-electron chi connectivity index (χ2n) is 11.4. The molecule has 0 amide bonds. The molecule has 29 heavy (non-hydrogen) atoms. The number of carboxylic acid groups (broad SMARTS) is 1. The number of aliphatic carboxylic acids is 1. The van der Waals surface area contributed by atoms with Crippen molar-refractivity contribution in [1.82, 2.24) is 0 Å². The molecule has 0 spiro atoms. The van der Waals surface area contributed by atoms with Crippen LogP contribution in [-0.4, -0.2) is 44.7 Å². The number of rotatable bonds is 4. The Morgan fingerprint density at radius 1 is 1.03 bits per heavy atom. The molecule has 4 aliphatic carbocycles. The van der Waals surface area contributed by atoms with Gasteiger partial charge in [0, 0.05) is 6.42 Å². The van der Waals surface area contributed by atoms with Gasteiger partial charge in [-0.3, -0.25) is 4.79 Å². The Bertz CT molecular complexity index is 637. The number of hydrogen-bond donors (Lipinski definition) is 4. The third-order valence-electron chi connectivity index (χ3n) is 10.3. The van der Waals surface area contributed by atoms with Gasteiger partial charge in [-0.1, -0.05) is 20.8 Å². The maximum absolute atomic E-state index is 11.5. The maximum atomic E-state index is 11.5. The summed E-state index contributed by atoms with van der Waals surface area (Å²) < 4.78 is 0. The van der Waals surface area contributed by atoms with E-state index in [4.69, 9.17) is 5.11 Å². The Morgan fingerprint density at radius 2 is 1.76 bits per heavy atom. The van der Waals surface area contributed by atoms with Crippen molar-refractivity contribution in [2.75, 3.05) is 0 Å². The highest BCUT2D eigenvalue weighted by Crippen LogP contribution is 2.68. The van der Waals surface area contributed by atoms with Gasteiger partial charge < -0.3 is 20.4 Å². The third kappa shape index (κ3) is 3.27. The number of carboxylic acids is 1. The predicted octanol–water partition coefficient (Wildman–Crippen LogP) is 3.45. The molecule has 0 aromatic rings. The summed E-state index contributed by atoms with van der Waals surface area (Å²) in [6.07, 6.45) is 6.00. The van der Waals surface area contributed by atoms with Crippen molar-refractivity contribution < 1.29 is 25.2 Å². The molecule has 4 rings (SSSR count). The van der Waals surface area contributed by atoms with E-state index >= 15 is 0 Å². The molecule has 0 heterocycles. The van der Waals surface area contributed by atoms with Gasteiger partial charge in [-0.25, -0.2) is 0 Å². The van der Waals surface area contributed by atoms with E-state index < -0.39 is 12.1 Å².